The van der Waals surface area contributed by atoms with Crippen LogP contribution in [0.4, 0.5) is 5.82 Å². The summed E-state index contributed by atoms with van der Waals surface area (Å²) in [5.41, 5.74) is 4.43. The van der Waals surface area contributed by atoms with E-state index < -0.39 is 12.1 Å². The van der Waals surface area contributed by atoms with Gasteiger partial charge in [0.15, 0.2) is 0 Å². The second-order valence-electron chi connectivity index (χ2n) is 22.2. The van der Waals surface area contributed by atoms with E-state index in [4.69, 9.17) is 11.6 Å². The number of fused-ring (bicyclic) bond motifs is 1. The van der Waals surface area contributed by atoms with Crippen molar-refractivity contribution in [2.45, 2.75) is 120 Å². The monoisotopic (exact) mass is 1000 g/mol. The van der Waals surface area contributed by atoms with Crippen LogP contribution in [0.1, 0.15) is 141 Å². The van der Waals surface area contributed by atoms with Gasteiger partial charge >= 0.3 is 0 Å². The number of aliphatic hydroxyl groups excluding tert-OH is 1. The number of anilines is 1. The smallest absolute Gasteiger partial charge is 0.251 e. The summed E-state index contributed by atoms with van der Waals surface area (Å²) in [6, 6.07) is 15.6. The van der Waals surface area contributed by atoms with E-state index in [9.17, 15) is 24.3 Å². The lowest BCUT2D eigenvalue weighted by molar-refractivity contribution is -0.137. The number of aliphatic hydroxyl groups is 1. The third-order valence-electron chi connectivity index (χ3n) is 17.3. The Labute approximate surface area is 431 Å². The minimum atomic E-state index is -0.555. The Hall–Kier alpha value is -4.67. The van der Waals surface area contributed by atoms with E-state index in [-0.39, 0.29) is 47.3 Å². The fourth-order valence-electron chi connectivity index (χ4n) is 12.8. The summed E-state index contributed by atoms with van der Waals surface area (Å²) in [5, 5.41) is 17.9. The van der Waals surface area contributed by atoms with E-state index in [2.05, 4.69) is 48.3 Å². The predicted octanol–water partition coefficient (Wildman–Crippen LogP) is 5.80. The van der Waals surface area contributed by atoms with Crippen LogP contribution in [0.5, 0.6) is 0 Å². The number of carbonyl (C=O) groups is 4. The highest BCUT2D eigenvalue weighted by atomic mass is 35.5. The van der Waals surface area contributed by atoms with E-state index in [0.29, 0.717) is 87.9 Å². The number of nitrogens with zero attached hydrogens (tertiary/aromatic N) is 8. The van der Waals surface area contributed by atoms with Gasteiger partial charge in [-0.1, -0.05) is 62.1 Å². The molecule has 3 aromatic rings. The van der Waals surface area contributed by atoms with Gasteiger partial charge in [0.1, 0.15) is 18.2 Å². The second kappa shape index (κ2) is 23.3. The van der Waals surface area contributed by atoms with Crippen LogP contribution >= 0.6 is 11.6 Å². The summed E-state index contributed by atoms with van der Waals surface area (Å²) in [6.07, 6.45) is 13.2. The molecule has 16 heteroatoms. The number of nitrogens with one attached hydrogen (secondary N) is 2. The molecule has 0 radical (unpaired) electrons. The van der Waals surface area contributed by atoms with Crippen molar-refractivity contribution in [2.75, 3.05) is 103 Å². The number of likely N-dealkylation sites (tertiary alicyclic amines) is 2. The average molecular weight is 1010 g/mol. The van der Waals surface area contributed by atoms with Crippen molar-refractivity contribution in [3.05, 3.63) is 87.8 Å². The minimum absolute atomic E-state index is 0.0524. The molecule has 72 heavy (non-hydrogen) atoms. The number of benzene rings is 2. The van der Waals surface area contributed by atoms with Gasteiger partial charge in [0, 0.05) is 107 Å². The highest BCUT2D eigenvalue weighted by molar-refractivity contribution is 6.30. The molecule has 0 bridgehead atoms. The van der Waals surface area contributed by atoms with Crippen LogP contribution in [0.15, 0.2) is 54.9 Å². The predicted molar refractivity (Wildman–Crippen MR) is 279 cm³/mol. The normalized spacial score (nSPS) is 24.7. The maximum Gasteiger partial charge on any atom is 0.251 e. The zero-order valence-electron chi connectivity index (χ0n) is 42.4. The van der Waals surface area contributed by atoms with Crippen molar-refractivity contribution in [3.8, 4) is 0 Å². The minimum Gasteiger partial charge on any atom is -0.387 e. The Bertz CT molecular complexity index is 2360. The van der Waals surface area contributed by atoms with Gasteiger partial charge in [-0.25, -0.2) is 9.97 Å². The first-order valence-electron chi connectivity index (χ1n) is 27.5. The summed E-state index contributed by atoms with van der Waals surface area (Å²) >= 11 is 6.34. The first-order valence-corrected chi connectivity index (χ1v) is 27.9. The highest BCUT2D eigenvalue weighted by Gasteiger charge is 2.38. The molecule has 2 saturated carbocycles. The van der Waals surface area contributed by atoms with E-state index in [1.165, 1.54) is 6.42 Å². The van der Waals surface area contributed by atoms with E-state index in [1.807, 2.05) is 57.2 Å². The first kappa shape index (κ1) is 50.8. The molecular weight excluding hydrogens is 928 g/mol. The average Bonchev–Trinajstić information content (AvgIpc) is 4.21. The number of halogens is 1. The van der Waals surface area contributed by atoms with E-state index in [1.54, 1.807) is 6.33 Å². The van der Waals surface area contributed by atoms with Gasteiger partial charge in [0.25, 0.3) is 5.91 Å². The number of hydrogen-bond donors (Lipinski definition) is 3. The third kappa shape index (κ3) is 12.1. The van der Waals surface area contributed by atoms with Crippen molar-refractivity contribution >= 4 is 41.0 Å². The molecule has 10 rings (SSSR count). The molecule has 0 spiro atoms. The van der Waals surface area contributed by atoms with Crippen LogP contribution in [-0.2, 0) is 14.4 Å². The molecule has 3 aliphatic carbocycles. The maximum atomic E-state index is 14.5. The van der Waals surface area contributed by atoms with Crippen molar-refractivity contribution < 1.29 is 24.3 Å². The van der Waals surface area contributed by atoms with Crippen LogP contribution in [0, 0.1) is 11.8 Å². The quantitative estimate of drug-likeness (QED) is 0.169. The molecule has 3 N–H and O–H groups in total. The van der Waals surface area contributed by atoms with Gasteiger partial charge in [0.2, 0.25) is 17.7 Å². The summed E-state index contributed by atoms with van der Waals surface area (Å²) in [7, 11) is 0. The number of amides is 4. The number of carbonyl (C=O) groups excluding carboxylic acids is 4. The van der Waals surface area contributed by atoms with Gasteiger partial charge in [-0.2, -0.15) is 0 Å². The molecule has 2 aromatic carbocycles. The Kier molecular flexibility index (Phi) is 16.4. The Morgan fingerprint density at radius 2 is 1.47 bits per heavy atom. The van der Waals surface area contributed by atoms with Gasteiger partial charge in [-0.05, 0) is 124 Å². The number of aromatic nitrogens is 2. The zero-order chi connectivity index (χ0) is 49.7. The lowest BCUT2D eigenvalue weighted by Gasteiger charge is -2.41. The number of rotatable bonds is 15. The lowest BCUT2D eigenvalue weighted by atomic mass is 9.83. The largest absolute Gasteiger partial charge is 0.387 e. The number of piperazine rings is 2. The molecule has 5 atom stereocenters. The SMILES string of the molecule is C[C@@H]1C[C@@H](O)c2ncnc(N3CCN(C(=O)C(CN4CCC(CN5CCN(C(=O)[C@H](NC(=O)c6cccc([C@H]7CCCN(C(=O)CNC8CC8)C7)c6)C6CCCCC6)CC5)CC4)c4ccc(Cl)cc4)CC3)c21. The third-order valence-corrected chi connectivity index (χ3v) is 17.5. The van der Waals surface area contributed by atoms with Crippen LogP contribution in [0.25, 0.3) is 0 Å². The molecular formula is C56H77ClN10O5. The van der Waals surface area contributed by atoms with Gasteiger partial charge in [-0.3, -0.25) is 24.1 Å². The summed E-state index contributed by atoms with van der Waals surface area (Å²) < 4.78 is 0. The molecule has 1 unspecified atom stereocenters. The number of piperidine rings is 2. The summed E-state index contributed by atoms with van der Waals surface area (Å²) in [6.45, 7) is 13.0. The molecule has 15 nitrogen and oxygen atoms in total. The molecule has 388 valence electrons. The van der Waals surface area contributed by atoms with Crippen LogP contribution < -0.4 is 15.5 Å². The van der Waals surface area contributed by atoms with Gasteiger partial charge < -0.3 is 40.2 Å². The molecule has 7 aliphatic rings. The zero-order valence-corrected chi connectivity index (χ0v) is 43.2. The van der Waals surface area contributed by atoms with Gasteiger partial charge in [-0.15, -0.1) is 0 Å². The summed E-state index contributed by atoms with van der Waals surface area (Å²) in [4.78, 5) is 78.4. The molecule has 6 fully saturated rings. The van der Waals surface area contributed by atoms with Crippen molar-refractivity contribution in [3.63, 3.8) is 0 Å². The van der Waals surface area contributed by atoms with Crippen LogP contribution in [0.3, 0.4) is 0 Å². The van der Waals surface area contributed by atoms with Crippen molar-refractivity contribution in [1.82, 2.24) is 45.1 Å². The van der Waals surface area contributed by atoms with Crippen molar-refractivity contribution in [2.24, 2.45) is 11.8 Å². The van der Waals surface area contributed by atoms with Crippen LogP contribution in [-0.4, -0.2) is 173 Å². The molecule has 5 heterocycles. The first-order chi connectivity index (χ1) is 35.0. The molecule has 4 saturated heterocycles. The highest BCUT2D eigenvalue weighted by Crippen LogP contribution is 2.43. The van der Waals surface area contributed by atoms with E-state index in [0.717, 1.165) is 132 Å². The lowest BCUT2D eigenvalue weighted by Crippen LogP contribution is -2.57. The molecule has 1 aromatic heterocycles. The van der Waals surface area contributed by atoms with E-state index >= 15 is 0 Å². The molecule has 4 aliphatic heterocycles. The summed E-state index contributed by atoms with van der Waals surface area (Å²) in [5.74, 6) is 1.79. The molecule has 4 amide bonds. The fourth-order valence-corrected chi connectivity index (χ4v) is 12.9. The standard InChI is InChI=1S/C56H77ClN10O5/c1-38-31-48(68)52-50(38)53(60-37-59-52)64-27-29-65(30-28-64)55(71)47(40-12-14-45(57)15-13-40)36-62-21-18-39(19-22-62)34-63-23-25-66(26-24-63)56(72)51(41-7-3-2-4-8-41)61-54(70)43-10-5-9-42(32-43)44-11-6-20-67(35-44)49(69)33-58-46-16-17-46/h5,9-10,12-15,32,37-39,41,44,46-48,51,58,68H,2-4,6-8,11,16-31,33-36H2,1H3,(H,61,70)/t38-,44+,47?,48-,51-/m1/s1. The Balaban J connectivity index is 0.702. The van der Waals surface area contributed by atoms with Crippen molar-refractivity contribution in [1.29, 1.82) is 0 Å². The second-order valence-corrected chi connectivity index (χ2v) is 22.7. The Morgan fingerprint density at radius 1 is 0.750 bits per heavy atom. The topological polar surface area (TPSA) is 158 Å². The maximum absolute atomic E-state index is 14.5. The Morgan fingerprint density at radius 3 is 2.21 bits per heavy atom. The fraction of sp³-hybridized carbons (Fsp3) is 0.643. The van der Waals surface area contributed by atoms with Crippen LogP contribution in [0.2, 0.25) is 5.02 Å². The van der Waals surface area contributed by atoms with Gasteiger partial charge in [0.05, 0.1) is 24.3 Å². The number of hydrogen-bond acceptors (Lipinski definition) is 11.